The minimum atomic E-state index is -5.04. The first-order chi connectivity index (χ1) is 9.20. The van der Waals surface area contributed by atoms with E-state index in [9.17, 15) is 22.8 Å². The number of piperazine rings is 1. The fourth-order valence-electron chi connectivity index (χ4n) is 1.93. The van der Waals surface area contributed by atoms with Crippen LogP contribution in [-0.4, -0.2) is 90.7 Å². The molecule has 0 unspecified atom stereocenters. The quantitative estimate of drug-likeness (QED) is 0.755. The number of rotatable bonds is 5. The number of nitrogens with zero attached hydrogens (tertiary/aromatic N) is 3. The molecule has 1 fully saturated rings. The molecule has 1 amide bonds. The normalized spacial score (nSPS) is 18.0. The topological polar surface area (TPSA) is 64.1 Å². The number of carboxylic acid groups (broad SMARTS) is 1. The Kier molecular flexibility index (Phi) is 5.75. The highest BCUT2D eigenvalue weighted by Crippen LogP contribution is 2.18. The van der Waals surface area contributed by atoms with Gasteiger partial charge in [-0.1, -0.05) is 0 Å². The number of alkyl halides is 3. The smallest absolute Gasteiger partial charge is 0.471 e. The third-order valence-electron chi connectivity index (χ3n) is 3.14. The average molecular weight is 297 g/mol. The van der Waals surface area contributed by atoms with Crippen molar-refractivity contribution in [2.75, 3.05) is 52.9 Å². The Balaban J connectivity index is 2.52. The molecule has 0 atom stereocenters. The summed E-state index contributed by atoms with van der Waals surface area (Å²) in [5, 5.41) is 8.59. The zero-order valence-electron chi connectivity index (χ0n) is 11.2. The second-order valence-corrected chi connectivity index (χ2v) is 4.76. The van der Waals surface area contributed by atoms with Crippen molar-refractivity contribution in [1.29, 1.82) is 0 Å². The lowest BCUT2D eigenvalue weighted by Gasteiger charge is -2.33. The van der Waals surface area contributed by atoms with Crippen molar-refractivity contribution in [1.82, 2.24) is 14.7 Å². The van der Waals surface area contributed by atoms with Crippen LogP contribution in [0.3, 0.4) is 0 Å². The Labute approximate surface area is 114 Å². The first-order valence-electron chi connectivity index (χ1n) is 6.19. The summed E-state index contributed by atoms with van der Waals surface area (Å²) in [6.45, 7) is 2.04. The number of amides is 1. The molecule has 1 rings (SSSR count). The maximum atomic E-state index is 12.4. The number of carboxylic acids is 1. The van der Waals surface area contributed by atoms with Gasteiger partial charge in [0.25, 0.3) is 0 Å². The van der Waals surface area contributed by atoms with Crippen molar-refractivity contribution in [2.24, 2.45) is 0 Å². The molecule has 9 heteroatoms. The van der Waals surface area contributed by atoms with Crippen molar-refractivity contribution < 1.29 is 27.9 Å². The van der Waals surface area contributed by atoms with E-state index in [4.69, 9.17) is 5.11 Å². The second kappa shape index (κ2) is 6.89. The zero-order valence-corrected chi connectivity index (χ0v) is 11.2. The van der Waals surface area contributed by atoms with Crippen LogP contribution >= 0.6 is 0 Å². The molecular formula is C11H18F3N3O3. The van der Waals surface area contributed by atoms with Crippen molar-refractivity contribution in [3.05, 3.63) is 0 Å². The Morgan fingerprint density at radius 2 is 1.75 bits per heavy atom. The molecule has 0 aliphatic carbocycles. The Hall–Kier alpha value is -1.35. The van der Waals surface area contributed by atoms with Gasteiger partial charge in [0.15, 0.2) is 0 Å². The predicted molar refractivity (Wildman–Crippen MR) is 64.2 cm³/mol. The highest BCUT2D eigenvalue weighted by Gasteiger charge is 2.42. The number of hydrogen-bond donors (Lipinski definition) is 1. The minimum Gasteiger partial charge on any atom is -0.480 e. The molecular weight excluding hydrogens is 279 g/mol. The zero-order chi connectivity index (χ0) is 15.3. The maximum Gasteiger partial charge on any atom is 0.471 e. The summed E-state index contributed by atoms with van der Waals surface area (Å²) in [5.74, 6) is -3.56. The van der Waals surface area contributed by atoms with Crippen LogP contribution in [0.15, 0.2) is 0 Å². The standard InChI is InChI=1S/C11H18F3N3O3/c1-15-2-4-16(5-3-15)6-7-17(8-9(18)19)10(20)11(12,13)14/h2-8H2,1H3,(H,18,19). The largest absolute Gasteiger partial charge is 0.480 e. The van der Waals surface area contributed by atoms with Crippen molar-refractivity contribution in [3.8, 4) is 0 Å². The van der Waals surface area contributed by atoms with Gasteiger partial charge in [-0.25, -0.2) is 0 Å². The van der Waals surface area contributed by atoms with Gasteiger partial charge in [-0.05, 0) is 7.05 Å². The van der Waals surface area contributed by atoms with Gasteiger partial charge in [-0.2, -0.15) is 13.2 Å². The number of carbonyl (C=O) groups excluding carboxylic acids is 1. The number of carbonyl (C=O) groups is 2. The van der Waals surface area contributed by atoms with Crippen LogP contribution in [0.1, 0.15) is 0 Å². The van der Waals surface area contributed by atoms with Crippen molar-refractivity contribution >= 4 is 11.9 Å². The first kappa shape index (κ1) is 16.7. The Bertz CT molecular complexity index is 355. The average Bonchev–Trinajstić information content (AvgIpc) is 2.34. The lowest BCUT2D eigenvalue weighted by molar-refractivity contribution is -0.186. The third-order valence-corrected chi connectivity index (χ3v) is 3.14. The van der Waals surface area contributed by atoms with E-state index >= 15 is 0 Å². The number of aliphatic carboxylic acids is 1. The van der Waals surface area contributed by atoms with Crippen molar-refractivity contribution in [2.45, 2.75) is 6.18 Å². The van der Waals surface area contributed by atoms with Gasteiger partial charge in [0, 0.05) is 39.3 Å². The van der Waals surface area contributed by atoms with Gasteiger partial charge in [0.1, 0.15) is 6.54 Å². The van der Waals surface area contributed by atoms with E-state index < -0.39 is 24.6 Å². The third kappa shape index (κ3) is 5.33. The lowest BCUT2D eigenvalue weighted by Crippen LogP contribution is -2.50. The molecule has 0 saturated carbocycles. The van der Waals surface area contributed by atoms with E-state index in [0.717, 1.165) is 13.1 Å². The predicted octanol–water partition coefficient (Wildman–Crippen LogP) is -0.291. The molecule has 0 bridgehead atoms. The van der Waals surface area contributed by atoms with Crippen LogP contribution in [0.5, 0.6) is 0 Å². The van der Waals surface area contributed by atoms with Gasteiger partial charge >= 0.3 is 18.1 Å². The molecule has 0 spiro atoms. The summed E-state index contributed by atoms with van der Waals surface area (Å²) in [5.41, 5.74) is 0. The summed E-state index contributed by atoms with van der Waals surface area (Å²) in [6.07, 6.45) is -5.04. The van der Waals surface area contributed by atoms with Crippen LogP contribution in [0, 0.1) is 0 Å². The fourth-order valence-corrected chi connectivity index (χ4v) is 1.93. The van der Waals surface area contributed by atoms with Crippen LogP contribution in [0.25, 0.3) is 0 Å². The summed E-state index contributed by atoms with van der Waals surface area (Å²) >= 11 is 0. The highest BCUT2D eigenvalue weighted by atomic mass is 19.4. The van der Waals surface area contributed by atoms with Crippen LogP contribution < -0.4 is 0 Å². The molecule has 1 aliphatic heterocycles. The van der Waals surface area contributed by atoms with Gasteiger partial charge < -0.3 is 14.9 Å². The number of hydrogen-bond acceptors (Lipinski definition) is 4. The van der Waals surface area contributed by atoms with Gasteiger partial charge in [-0.3, -0.25) is 14.5 Å². The lowest BCUT2D eigenvalue weighted by atomic mass is 10.3. The summed E-state index contributed by atoms with van der Waals surface area (Å²) in [4.78, 5) is 26.0. The highest BCUT2D eigenvalue weighted by molar-refractivity contribution is 5.85. The molecule has 6 nitrogen and oxygen atoms in total. The van der Waals surface area contributed by atoms with E-state index in [0.29, 0.717) is 18.0 Å². The van der Waals surface area contributed by atoms with E-state index in [1.54, 1.807) is 0 Å². The number of likely N-dealkylation sites (N-methyl/N-ethyl adjacent to an activating group) is 1. The maximum absolute atomic E-state index is 12.4. The molecule has 0 aromatic heterocycles. The Morgan fingerprint density at radius 1 is 1.20 bits per heavy atom. The molecule has 1 saturated heterocycles. The second-order valence-electron chi connectivity index (χ2n) is 4.76. The minimum absolute atomic E-state index is 0.239. The molecule has 116 valence electrons. The van der Waals surface area contributed by atoms with Crippen LogP contribution in [0.2, 0.25) is 0 Å². The fraction of sp³-hybridized carbons (Fsp3) is 0.818. The molecule has 20 heavy (non-hydrogen) atoms. The summed E-state index contributed by atoms with van der Waals surface area (Å²) in [7, 11) is 1.95. The van der Waals surface area contributed by atoms with Gasteiger partial charge in [0.2, 0.25) is 0 Å². The van der Waals surface area contributed by atoms with Crippen LogP contribution in [-0.2, 0) is 9.59 Å². The Morgan fingerprint density at radius 3 is 2.20 bits per heavy atom. The van der Waals surface area contributed by atoms with Crippen LogP contribution in [0.4, 0.5) is 13.2 Å². The summed E-state index contributed by atoms with van der Waals surface area (Å²) in [6, 6.07) is 0. The molecule has 1 heterocycles. The van der Waals surface area contributed by atoms with Crippen molar-refractivity contribution in [3.63, 3.8) is 0 Å². The summed E-state index contributed by atoms with van der Waals surface area (Å²) < 4.78 is 37.1. The SMILES string of the molecule is CN1CCN(CCN(CC(=O)O)C(=O)C(F)(F)F)CC1. The molecule has 0 radical (unpaired) electrons. The van der Waals surface area contributed by atoms with Gasteiger partial charge in [-0.15, -0.1) is 0 Å². The molecule has 1 aliphatic rings. The molecule has 0 aromatic carbocycles. The number of halogens is 3. The first-order valence-corrected chi connectivity index (χ1v) is 6.19. The van der Waals surface area contributed by atoms with Gasteiger partial charge in [0.05, 0.1) is 0 Å². The van der Waals surface area contributed by atoms with E-state index in [1.165, 1.54) is 0 Å². The monoisotopic (exact) mass is 297 g/mol. The van der Waals surface area contributed by atoms with E-state index in [1.807, 2.05) is 11.9 Å². The van der Waals surface area contributed by atoms with E-state index in [-0.39, 0.29) is 13.1 Å². The molecule has 1 N–H and O–H groups in total. The molecule has 0 aromatic rings. The van der Waals surface area contributed by atoms with E-state index in [2.05, 4.69) is 4.90 Å².